The van der Waals surface area contributed by atoms with Crippen LogP contribution in [-0.2, 0) is 11.2 Å². The minimum Gasteiger partial charge on any atom is -0.494 e. The number of aliphatic carboxylic acids is 1. The van der Waals surface area contributed by atoms with Gasteiger partial charge < -0.3 is 9.84 Å². The Morgan fingerprint density at radius 1 is 1.25 bits per heavy atom. The van der Waals surface area contributed by atoms with E-state index in [0.29, 0.717) is 13.0 Å². The Morgan fingerprint density at radius 2 is 1.94 bits per heavy atom. The molecule has 16 heavy (non-hydrogen) atoms. The Kier molecular flexibility index (Phi) is 5.40. The van der Waals surface area contributed by atoms with Crippen molar-refractivity contribution >= 4 is 5.97 Å². The Morgan fingerprint density at radius 3 is 2.50 bits per heavy atom. The van der Waals surface area contributed by atoms with E-state index in [2.05, 4.69) is 6.92 Å². The summed E-state index contributed by atoms with van der Waals surface area (Å²) in [5.74, 6) is 0.111. The summed E-state index contributed by atoms with van der Waals surface area (Å²) in [6, 6.07) is 8.01. The lowest BCUT2D eigenvalue weighted by molar-refractivity contribution is -0.137. The van der Waals surface area contributed by atoms with Crippen LogP contribution in [0.1, 0.15) is 31.7 Å². The fourth-order valence-corrected chi connectivity index (χ4v) is 1.39. The van der Waals surface area contributed by atoms with Crippen LogP contribution >= 0.6 is 0 Å². The first-order valence-electron chi connectivity index (χ1n) is 5.66. The molecule has 3 nitrogen and oxygen atoms in total. The smallest absolute Gasteiger partial charge is 0.303 e. The van der Waals surface area contributed by atoms with Gasteiger partial charge in [-0.3, -0.25) is 4.79 Å². The van der Waals surface area contributed by atoms with E-state index in [1.165, 1.54) is 5.56 Å². The van der Waals surface area contributed by atoms with Gasteiger partial charge in [0, 0.05) is 6.42 Å². The molecule has 0 atom stereocenters. The lowest BCUT2D eigenvalue weighted by Gasteiger charge is -2.06. The summed E-state index contributed by atoms with van der Waals surface area (Å²) >= 11 is 0. The van der Waals surface area contributed by atoms with Gasteiger partial charge in [0.05, 0.1) is 6.61 Å². The fraction of sp³-hybridized carbons (Fsp3) is 0.462. The summed E-state index contributed by atoms with van der Waals surface area (Å²) in [5, 5.41) is 8.45. The molecule has 0 saturated heterocycles. The van der Waals surface area contributed by atoms with Crippen molar-refractivity contribution in [3.05, 3.63) is 29.8 Å². The summed E-state index contributed by atoms with van der Waals surface area (Å²) in [7, 11) is 0. The third kappa shape index (κ3) is 4.82. The number of unbranched alkanes of at least 4 members (excludes halogenated alkanes) is 1. The van der Waals surface area contributed by atoms with E-state index in [-0.39, 0.29) is 6.42 Å². The Labute approximate surface area is 96.1 Å². The van der Waals surface area contributed by atoms with Crippen LogP contribution in [0.15, 0.2) is 24.3 Å². The molecule has 0 spiro atoms. The predicted molar refractivity (Wildman–Crippen MR) is 62.8 cm³/mol. The maximum Gasteiger partial charge on any atom is 0.303 e. The summed E-state index contributed by atoms with van der Waals surface area (Å²) in [6.07, 6.45) is 2.70. The van der Waals surface area contributed by atoms with Crippen LogP contribution in [0.5, 0.6) is 5.75 Å². The quantitative estimate of drug-likeness (QED) is 0.721. The summed E-state index contributed by atoms with van der Waals surface area (Å²) < 4.78 is 5.49. The van der Waals surface area contributed by atoms with Crippen molar-refractivity contribution in [1.29, 1.82) is 0 Å². The maximum absolute atomic E-state index is 10.3. The van der Waals surface area contributed by atoms with Crippen LogP contribution in [0.2, 0.25) is 0 Å². The van der Waals surface area contributed by atoms with Gasteiger partial charge in [-0.05, 0) is 37.0 Å². The average molecular weight is 222 g/mol. The van der Waals surface area contributed by atoms with Crippen molar-refractivity contribution < 1.29 is 14.6 Å². The number of carboxylic acid groups (broad SMARTS) is 1. The van der Waals surface area contributed by atoms with Gasteiger partial charge in [-0.15, -0.1) is 0 Å². The lowest BCUT2D eigenvalue weighted by Crippen LogP contribution is -2.00. The third-order valence-electron chi connectivity index (χ3n) is 2.39. The topological polar surface area (TPSA) is 46.5 Å². The normalized spacial score (nSPS) is 10.1. The molecule has 0 amide bonds. The van der Waals surface area contributed by atoms with E-state index in [9.17, 15) is 4.79 Å². The maximum atomic E-state index is 10.3. The Hall–Kier alpha value is -1.51. The Bertz CT molecular complexity index is 316. The van der Waals surface area contributed by atoms with Gasteiger partial charge in [0.1, 0.15) is 5.75 Å². The highest BCUT2D eigenvalue weighted by molar-refractivity contribution is 5.66. The summed E-state index contributed by atoms with van der Waals surface area (Å²) in [4.78, 5) is 10.3. The molecule has 3 heteroatoms. The van der Waals surface area contributed by atoms with Gasteiger partial charge in [0.25, 0.3) is 0 Å². The molecule has 1 aromatic rings. The van der Waals surface area contributed by atoms with E-state index in [1.54, 1.807) is 0 Å². The van der Waals surface area contributed by atoms with E-state index < -0.39 is 5.97 Å². The van der Waals surface area contributed by atoms with E-state index >= 15 is 0 Å². The number of carboxylic acids is 1. The highest BCUT2D eigenvalue weighted by Gasteiger charge is 1.97. The standard InChI is InChI=1S/C13H18O3/c1-2-11-6-8-12(9-7-11)16-10-4-3-5-13(14)15/h6-9H,2-5,10H2,1H3,(H,14,15). The lowest BCUT2D eigenvalue weighted by atomic mass is 10.2. The van der Waals surface area contributed by atoms with Crippen LogP contribution in [-0.4, -0.2) is 17.7 Å². The van der Waals surface area contributed by atoms with E-state index in [4.69, 9.17) is 9.84 Å². The fourth-order valence-electron chi connectivity index (χ4n) is 1.39. The molecule has 0 heterocycles. The molecule has 0 fully saturated rings. The van der Waals surface area contributed by atoms with E-state index in [0.717, 1.165) is 18.6 Å². The number of aryl methyl sites for hydroxylation is 1. The van der Waals surface area contributed by atoms with Gasteiger partial charge in [0.15, 0.2) is 0 Å². The largest absolute Gasteiger partial charge is 0.494 e. The first-order chi connectivity index (χ1) is 7.72. The van der Waals surface area contributed by atoms with Crippen molar-refractivity contribution in [2.75, 3.05) is 6.61 Å². The summed E-state index contributed by atoms with van der Waals surface area (Å²) in [6.45, 7) is 2.69. The second-order valence-corrected chi connectivity index (χ2v) is 3.70. The molecular weight excluding hydrogens is 204 g/mol. The van der Waals surface area contributed by atoms with Crippen LogP contribution < -0.4 is 4.74 Å². The molecule has 88 valence electrons. The number of hydrogen-bond donors (Lipinski definition) is 1. The number of ether oxygens (including phenoxy) is 1. The average Bonchev–Trinajstić information content (AvgIpc) is 2.29. The van der Waals surface area contributed by atoms with Crippen LogP contribution in [0, 0.1) is 0 Å². The number of carbonyl (C=O) groups is 1. The SMILES string of the molecule is CCc1ccc(OCCCCC(=O)O)cc1. The zero-order chi connectivity index (χ0) is 11.8. The number of benzene rings is 1. The zero-order valence-electron chi connectivity index (χ0n) is 9.61. The van der Waals surface area contributed by atoms with Gasteiger partial charge in [-0.2, -0.15) is 0 Å². The third-order valence-corrected chi connectivity index (χ3v) is 2.39. The van der Waals surface area contributed by atoms with E-state index in [1.807, 2.05) is 24.3 Å². The van der Waals surface area contributed by atoms with Crippen molar-refractivity contribution in [2.45, 2.75) is 32.6 Å². The number of rotatable bonds is 7. The highest BCUT2D eigenvalue weighted by atomic mass is 16.5. The summed E-state index contributed by atoms with van der Waals surface area (Å²) in [5.41, 5.74) is 1.29. The molecule has 0 aromatic heterocycles. The molecule has 0 aliphatic carbocycles. The van der Waals surface area contributed by atoms with Gasteiger partial charge in [-0.1, -0.05) is 19.1 Å². The molecule has 0 bridgehead atoms. The van der Waals surface area contributed by atoms with Crippen LogP contribution in [0.3, 0.4) is 0 Å². The second-order valence-electron chi connectivity index (χ2n) is 3.70. The van der Waals surface area contributed by atoms with Crippen molar-refractivity contribution in [2.24, 2.45) is 0 Å². The van der Waals surface area contributed by atoms with Crippen LogP contribution in [0.4, 0.5) is 0 Å². The van der Waals surface area contributed by atoms with Gasteiger partial charge >= 0.3 is 5.97 Å². The molecule has 0 aliphatic rings. The molecule has 1 rings (SSSR count). The van der Waals surface area contributed by atoms with Crippen molar-refractivity contribution in [3.63, 3.8) is 0 Å². The minimum absolute atomic E-state index is 0.220. The monoisotopic (exact) mass is 222 g/mol. The molecule has 0 radical (unpaired) electrons. The molecule has 0 saturated carbocycles. The molecule has 0 aliphatic heterocycles. The first kappa shape index (κ1) is 12.6. The number of hydrogen-bond acceptors (Lipinski definition) is 2. The molecule has 1 aromatic carbocycles. The molecule has 0 unspecified atom stereocenters. The molecular formula is C13H18O3. The first-order valence-corrected chi connectivity index (χ1v) is 5.66. The zero-order valence-corrected chi connectivity index (χ0v) is 9.61. The van der Waals surface area contributed by atoms with Crippen molar-refractivity contribution in [3.8, 4) is 5.75 Å². The minimum atomic E-state index is -0.743. The highest BCUT2D eigenvalue weighted by Crippen LogP contribution is 2.13. The predicted octanol–water partition coefficient (Wildman–Crippen LogP) is 2.88. The van der Waals surface area contributed by atoms with Crippen LogP contribution in [0.25, 0.3) is 0 Å². The van der Waals surface area contributed by atoms with Gasteiger partial charge in [0.2, 0.25) is 0 Å². The molecule has 1 N–H and O–H groups in total. The Balaban J connectivity index is 2.19. The van der Waals surface area contributed by atoms with Crippen molar-refractivity contribution in [1.82, 2.24) is 0 Å². The van der Waals surface area contributed by atoms with Gasteiger partial charge in [-0.25, -0.2) is 0 Å². The second kappa shape index (κ2) is 6.88.